The summed E-state index contributed by atoms with van der Waals surface area (Å²) in [6, 6.07) is 12.4. The molecule has 1 heterocycles. The molecular weight excluding hydrogens is 203 g/mol. The second-order valence-electron chi connectivity index (χ2n) is 3.45. The highest BCUT2D eigenvalue weighted by Crippen LogP contribution is 2.06. The first-order valence-corrected chi connectivity index (χ1v) is 5.13. The predicted molar refractivity (Wildman–Crippen MR) is 60.2 cm³/mol. The Bertz CT molecular complexity index is 443. The fourth-order valence-electron chi connectivity index (χ4n) is 1.41. The van der Waals surface area contributed by atoms with Crippen LogP contribution < -0.4 is 5.32 Å². The van der Waals surface area contributed by atoms with Crippen molar-refractivity contribution in [3.05, 3.63) is 65.7 Å². The van der Waals surface area contributed by atoms with Gasteiger partial charge >= 0.3 is 0 Å². The Morgan fingerprint density at radius 1 is 1.00 bits per heavy atom. The van der Waals surface area contributed by atoms with Crippen LogP contribution in [0.5, 0.6) is 0 Å². The molecule has 2 nitrogen and oxygen atoms in total. The van der Waals surface area contributed by atoms with Crippen LogP contribution in [0.25, 0.3) is 0 Å². The van der Waals surface area contributed by atoms with Gasteiger partial charge in [-0.1, -0.05) is 24.3 Å². The molecule has 1 radical (unpaired) electrons. The summed E-state index contributed by atoms with van der Waals surface area (Å²) in [5.41, 5.74) is 1.53. The summed E-state index contributed by atoms with van der Waals surface area (Å²) in [6.07, 6.45) is 1.73. The molecule has 81 valence electrons. The lowest BCUT2D eigenvalue weighted by Gasteiger charge is -2.03. The van der Waals surface area contributed by atoms with Gasteiger partial charge in [0.2, 0.25) is 0 Å². The van der Waals surface area contributed by atoms with Gasteiger partial charge in [-0.2, -0.15) is 0 Å². The van der Waals surface area contributed by atoms with Crippen molar-refractivity contribution in [2.45, 2.75) is 13.1 Å². The molecule has 1 aromatic carbocycles. The molecule has 0 saturated heterocycles. The largest absolute Gasteiger partial charge is 0.260 e. The van der Waals surface area contributed by atoms with Gasteiger partial charge in [0.25, 0.3) is 0 Å². The third kappa shape index (κ3) is 2.87. The zero-order valence-corrected chi connectivity index (χ0v) is 8.81. The molecule has 2 aromatic rings. The minimum absolute atomic E-state index is 0.202. The summed E-state index contributed by atoms with van der Waals surface area (Å²) in [7, 11) is 0. The van der Waals surface area contributed by atoms with Gasteiger partial charge < -0.3 is 0 Å². The van der Waals surface area contributed by atoms with Crippen LogP contribution >= 0.6 is 0 Å². The van der Waals surface area contributed by atoms with Gasteiger partial charge in [-0.3, -0.25) is 4.98 Å². The fraction of sp³-hybridized carbons (Fsp3) is 0.154. The Morgan fingerprint density at radius 3 is 2.56 bits per heavy atom. The number of nitrogens with zero attached hydrogens (tertiary/aromatic N) is 2. The molecule has 0 fully saturated rings. The summed E-state index contributed by atoms with van der Waals surface area (Å²) in [4.78, 5) is 4.14. The van der Waals surface area contributed by atoms with E-state index in [1.165, 1.54) is 6.07 Å². The van der Waals surface area contributed by atoms with Crippen molar-refractivity contribution in [2.75, 3.05) is 0 Å². The van der Waals surface area contributed by atoms with E-state index in [1.807, 2.05) is 24.3 Å². The number of pyridine rings is 1. The van der Waals surface area contributed by atoms with Crippen molar-refractivity contribution < 1.29 is 4.39 Å². The molecule has 0 amide bonds. The van der Waals surface area contributed by atoms with Crippen molar-refractivity contribution in [3.63, 3.8) is 0 Å². The second-order valence-corrected chi connectivity index (χ2v) is 3.45. The van der Waals surface area contributed by atoms with E-state index in [2.05, 4.69) is 10.3 Å². The molecule has 0 aliphatic carbocycles. The van der Waals surface area contributed by atoms with Crippen molar-refractivity contribution >= 4 is 0 Å². The quantitative estimate of drug-likeness (QED) is 0.769. The molecule has 0 aliphatic heterocycles. The average Bonchev–Trinajstić information content (AvgIpc) is 2.33. The molecule has 0 atom stereocenters. The molecule has 0 unspecified atom stereocenters. The standard InChI is InChI=1S/C13H12FN2/c14-13-7-2-1-5-11(13)9-15-10-12-6-3-4-8-16-12/h1-8H,9-10H2. The molecule has 0 bridgehead atoms. The molecule has 3 heteroatoms. The number of hydrogen-bond donors (Lipinski definition) is 0. The summed E-state index contributed by atoms with van der Waals surface area (Å²) in [5, 5.41) is 4.27. The lowest BCUT2D eigenvalue weighted by molar-refractivity contribution is 0.581. The van der Waals surface area contributed by atoms with Crippen LogP contribution in [-0.2, 0) is 13.1 Å². The van der Waals surface area contributed by atoms with Crippen LogP contribution in [0.15, 0.2) is 48.7 Å². The van der Waals surface area contributed by atoms with Gasteiger partial charge in [-0.05, 0) is 18.2 Å². The maximum atomic E-state index is 13.2. The third-order valence-electron chi connectivity index (χ3n) is 2.24. The second kappa shape index (κ2) is 5.37. The van der Waals surface area contributed by atoms with E-state index in [1.54, 1.807) is 18.3 Å². The van der Waals surface area contributed by atoms with Gasteiger partial charge in [-0.15, -0.1) is 0 Å². The van der Waals surface area contributed by atoms with Crippen LogP contribution in [0, 0.1) is 5.82 Å². The molecule has 0 spiro atoms. The lowest BCUT2D eigenvalue weighted by Crippen LogP contribution is -2.07. The van der Waals surface area contributed by atoms with E-state index in [9.17, 15) is 4.39 Å². The predicted octanol–water partition coefficient (Wildman–Crippen LogP) is 2.53. The van der Waals surface area contributed by atoms with Crippen LogP contribution in [-0.4, -0.2) is 4.98 Å². The molecule has 16 heavy (non-hydrogen) atoms. The smallest absolute Gasteiger partial charge is 0.127 e. The first-order chi connectivity index (χ1) is 7.86. The molecular formula is C13H12FN2. The van der Waals surface area contributed by atoms with Crippen molar-refractivity contribution in [1.29, 1.82) is 0 Å². The van der Waals surface area contributed by atoms with Gasteiger partial charge in [0.05, 0.1) is 12.2 Å². The summed E-state index contributed by atoms with van der Waals surface area (Å²) >= 11 is 0. The number of hydrogen-bond acceptors (Lipinski definition) is 1. The summed E-state index contributed by atoms with van der Waals surface area (Å²) < 4.78 is 13.2. The highest BCUT2D eigenvalue weighted by atomic mass is 19.1. The Morgan fingerprint density at radius 2 is 1.81 bits per heavy atom. The van der Waals surface area contributed by atoms with Crippen molar-refractivity contribution in [1.82, 2.24) is 10.3 Å². The monoisotopic (exact) mass is 215 g/mol. The fourth-order valence-corrected chi connectivity index (χ4v) is 1.41. The Labute approximate surface area is 94.2 Å². The van der Waals surface area contributed by atoms with E-state index in [0.717, 1.165) is 5.69 Å². The van der Waals surface area contributed by atoms with Crippen molar-refractivity contribution in [2.24, 2.45) is 0 Å². The first kappa shape index (κ1) is 10.8. The van der Waals surface area contributed by atoms with Crippen LogP contribution in [0.2, 0.25) is 0 Å². The maximum Gasteiger partial charge on any atom is 0.127 e. The Kier molecular flexibility index (Phi) is 3.62. The van der Waals surface area contributed by atoms with Crippen LogP contribution in [0.1, 0.15) is 11.3 Å². The van der Waals surface area contributed by atoms with Crippen LogP contribution in [0.3, 0.4) is 0 Å². The minimum atomic E-state index is -0.202. The number of halogens is 1. The van der Waals surface area contributed by atoms with Gasteiger partial charge in [0, 0.05) is 18.3 Å². The molecule has 2 rings (SSSR count). The minimum Gasteiger partial charge on any atom is -0.260 e. The van der Waals surface area contributed by atoms with E-state index in [4.69, 9.17) is 0 Å². The van der Waals surface area contributed by atoms with Gasteiger partial charge in [0.1, 0.15) is 5.82 Å². The van der Waals surface area contributed by atoms with E-state index in [0.29, 0.717) is 18.7 Å². The highest BCUT2D eigenvalue weighted by molar-refractivity contribution is 5.17. The lowest BCUT2D eigenvalue weighted by atomic mass is 10.2. The molecule has 0 N–H and O–H groups in total. The van der Waals surface area contributed by atoms with Gasteiger partial charge in [0.15, 0.2) is 0 Å². The van der Waals surface area contributed by atoms with Crippen LogP contribution in [0.4, 0.5) is 4.39 Å². The topological polar surface area (TPSA) is 27.0 Å². The summed E-state index contributed by atoms with van der Waals surface area (Å²) in [6.45, 7) is 0.915. The van der Waals surface area contributed by atoms with Gasteiger partial charge in [-0.25, -0.2) is 9.71 Å². The Hall–Kier alpha value is -1.74. The molecule has 0 saturated carbocycles. The average molecular weight is 215 g/mol. The highest BCUT2D eigenvalue weighted by Gasteiger charge is 2.00. The van der Waals surface area contributed by atoms with E-state index >= 15 is 0 Å². The molecule has 0 aliphatic rings. The zero-order chi connectivity index (χ0) is 11.2. The third-order valence-corrected chi connectivity index (χ3v) is 2.24. The zero-order valence-electron chi connectivity index (χ0n) is 8.81. The van der Waals surface area contributed by atoms with E-state index < -0.39 is 0 Å². The number of aromatic nitrogens is 1. The number of rotatable bonds is 4. The SMILES string of the molecule is Fc1ccccc1C[N]Cc1ccccn1. The maximum absolute atomic E-state index is 13.2. The van der Waals surface area contributed by atoms with Crippen molar-refractivity contribution in [3.8, 4) is 0 Å². The first-order valence-electron chi connectivity index (χ1n) is 5.13. The normalized spacial score (nSPS) is 10.3. The number of benzene rings is 1. The molecule has 1 aromatic heterocycles. The Balaban J connectivity index is 1.87. The van der Waals surface area contributed by atoms with E-state index in [-0.39, 0.29) is 5.82 Å². The summed E-state index contributed by atoms with van der Waals surface area (Å²) in [5.74, 6) is -0.202.